The van der Waals surface area contributed by atoms with Crippen LogP contribution in [0, 0.1) is 12.7 Å². The number of anilines is 1. The molecule has 4 nitrogen and oxygen atoms in total. The molecule has 0 saturated carbocycles. The zero-order chi connectivity index (χ0) is 15.9. The number of aryl methyl sites for hydroxylation is 1. The number of thiophene rings is 1. The van der Waals surface area contributed by atoms with E-state index in [1.54, 1.807) is 7.05 Å². The summed E-state index contributed by atoms with van der Waals surface area (Å²) in [5, 5.41) is 2.68. The van der Waals surface area contributed by atoms with Crippen LogP contribution in [0.25, 0.3) is 0 Å². The molecule has 1 aromatic carbocycles. The van der Waals surface area contributed by atoms with Gasteiger partial charge in [-0.1, -0.05) is 0 Å². The lowest BCUT2D eigenvalue weighted by Gasteiger charge is -2.27. The summed E-state index contributed by atoms with van der Waals surface area (Å²) in [5.41, 5.74) is 0.468. The van der Waals surface area contributed by atoms with Crippen molar-refractivity contribution in [1.82, 2.24) is 4.31 Å². The molecule has 7 heteroatoms. The Kier molecular flexibility index (Phi) is 3.92. The molecule has 0 radical (unpaired) electrons. The average molecular weight is 336 g/mol. The Labute approximate surface area is 135 Å². The molecule has 1 aliphatic heterocycles. The maximum atomic E-state index is 12.9. The molecule has 0 saturated heterocycles. The van der Waals surface area contributed by atoms with E-state index in [9.17, 15) is 14.0 Å². The highest BCUT2D eigenvalue weighted by atomic mass is 32.2. The topological polar surface area (TPSA) is 49.4 Å². The summed E-state index contributed by atoms with van der Waals surface area (Å²) >= 11 is 2.79. The second kappa shape index (κ2) is 5.73. The SMILES string of the molecule is Cc1cc2c(s1)C(C(=O)Nc1ccc(F)cc1)C(=O)N(C)S2. The number of amides is 2. The maximum Gasteiger partial charge on any atom is 0.250 e. The van der Waals surface area contributed by atoms with Crippen molar-refractivity contribution in [2.75, 3.05) is 12.4 Å². The van der Waals surface area contributed by atoms with Crippen molar-refractivity contribution in [3.05, 3.63) is 45.9 Å². The Morgan fingerprint density at radius 1 is 1.32 bits per heavy atom. The summed E-state index contributed by atoms with van der Waals surface area (Å²) in [6, 6.07) is 7.45. The van der Waals surface area contributed by atoms with Gasteiger partial charge in [0.1, 0.15) is 5.82 Å². The molecule has 2 aromatic rings. The monoisotopic (exact) mass is 336 g/mol. The van der Waals surface area contributed by atoms with Crippen LogP contribution in [0.5, 0.6) is 0 Å². The third-order valence-electron chi connectivity index (χ3n) is 3.28. The van der Waals surface area contributed by atoms with E-state index < -0.39 is 11.8 Å². The van der Waals surface area contributed by atoms with Gasteiger partial charge in [0.25, 0.3) is 0 Å². The normalized spacial score (nSPS) is 17.3. The first kappa shape index (κ1) is 15.1. The predicted octanol–water partition coefficient (Wildman–Crippen LogP) is 3.40. The summed E-state index contributed by atoms with van der Waals surface area (Å²) in [4.78, 5) is 27.7. The van der Waals surface area contributed by atoms with Crippen molar-refractivity contribution in [3.63, 3.8) is 0 Å². The minimum atomic E-state index is -0.856. The molecular formula is C15H13FN2O2S2. The quantitative estimate of drug-likeness (QED) is 0.675. The number of nitrogens with one attached hydrogen (secondary N) is 1. The van der Waals surface area contributed by atoms with Gasteiger partial charge in [-0.3, -0.25) is 13.9 Å². The Morgan fingerprint density at radius 2 is 2.00 bits per heavy atom. The lowest BCUT2D eigenvalue weighted by atomic mass is 10.1. The molecule has 0 aliphatic carbocycles. The van der Waals surface area contributed by atoms with Crippen LogP contribution in [0.3, 0.4) is 0 Å². The highest BCUT2D eigenvalue weighted by molar-refractivity contribution is 7.97. The summed E-state index contributed by atoms with van der Waals surface area (Å²) in [7, 11) is 1.65. The third-order valence-corrected chi connectivity index (χ3v) is 5.51. The zero-order valence-electron chi connectivity index (χ0n) is 11.9. The van der Waals surface area contributed by atoms with Crippen molar-refractivity contribution in [1.29, 1.82) is 0 Å². The number of benzene rings is 1. The van der Waals surface area contributed by atoms with E-state index in [2.05, 4.69) is 5.32 Å². The van der Waals surface area contributed by atoms with Crippen molar-refractivity contribution >= 4 is 40.8 Å². The van der Waals surface area contributed by atoms with Gasteiger partial charge < -0.3 is 5.32 Å². The Balaban J connectivity index is 1.90. The number of carbonyl (C=O) groups excluding carboxylic acids is 2. The van der Waals surface area contributed by atoms with Gasteiger partial charge in [0.2, 0.25) is 11.8 Å². The molecule has 1 aromatic heterocycles. The average Bonchev–Trinajstić information content (AvgIpc) is 2.82. The van der Waals surface area contributed by atoms with Crippen molar-refractivity contribution in [3.8, 4) is 0 Å². The van der Waals surface area contributed by atoms with Gasteiger partial charge in [-0.15, -0.1) is 11.3 Å². The number of rotatable bonds is 2. The molecule has 2 heterocycles. The number of hydrogen-bond acceptors (Lipinski definition) is 4. The van der Waals surface area contributed by atoms with Gasteiger partial charge >= 0.3 is 0 Å². The fraction of sp³-hybridized carbons (Fsp3) is 0.200. The van der Waals surface area contributed by atoms with E-state index in [1.807, 2.05) is 13.0 Å². The number of likely N-dealkylation sites (N-methyl/N-ethyl adjacent to an activating group) is 1. The van der Waals surface area contributed by atoms with Crippen LogP contribution in [0.4, 0.5) is 10.1 Å². The van der Waals surface area contributed by atoms with Crippen LogP contribution < -0.4 is 5.32 Å². The van der Waals surface area contributed by atoms with Crippen LogP contribution in [-0.2, 0) is 9.59 Å². The van der Waals surface area contributed by atoms with Crippen LogP contribution in [0.15, 0.2) is 35.2 Å². The van der Waals surface area contributed by atoms with E-state index >= 15 is 0 Å². The number of halogens is 1. The summed E-state index contributed by atoms with van der Waals surface area (Å²) < 4.78 is 14.4. The summed E-state index contributed by atoms with van der Waals surface area (Å²) in [5.74, 6) is -1.88. The van der Waals surface area contributed by atoms with Gasteiger partial charge in [0.15, 0.2) is 5.92 Å². The number of fused-ring (bicyclic) bond motifs is 1. The lowest BCUT2D eigenvalue weighted by molar-refractivity contribution is -0.132. The number of hydrogen-bond donors (Lipinski definition) is 1. The van der Waals surface area contributed by atoms with Gasteiger partial charge in [0, 0.05) is 27.4 Å². The molecule has 0 fully saturated rings. The highest BCUT2D eigenvalue weighted by Gasteiger charge is 2.39. The Hall–Kier alpha value is -1.86. The molecule has 0 spiro atoms. The van der Waals surface area contributed by atoms with E-state index in [-0.39, 0.29) is 11.7 Å². The van der Waals surface area contributed by atoms with E-state index in [0.717, 1.165) is 14.6 Å². The van der Waals surface area contributed by atoms with Gasteiger partial charge in [-0.05, 0) is 49.2 Å². The van der Waals surface area contributed by atoms with Crippen molar-refractivity contribution in [2.45, 2.75) is 17.7 Å². The second-order valence-corrected chi connectivity index (χ2v) is 7.40. The largest absolute Gasteiger partial charge is 0.325 e. The molecular weight excluding hydrogens is 323 g/mol. The molecule has 1 aliphatic rings. The smallest absolute Gasteiger partial charge is 0.250 e. The van der Waals surface area contributed by atoms with E-state index in [1.165, 1.54) is 51.9 Å². The summed E-state index contributed by atoms with van der Waals surface area (Å²) in [6.45, 7) is 1.95. The molecule has 114 valence electrons. The van der Waals surface area contributed by atoms with Crippen molar-refractivity contribution < 1.29 is 14.0 Å². The first-order chi connectivity index (χ1) is 10.5. The Morgan fingerprint density at radius 3 is 2.68 bits per heavy atom. The molecule has 3 rings (SSSR count). The summed E-state index contributed by atoms with van der Waals surface area (Å²) in [6.07, 6.45) is 0. The second-order valence-electron chi connectivity index (χ2n) is 4.94. The fourth-order valence-electron chi connectivity index (χ4n) is 2.25. The molecule has 1 N–H and O–H groups in total. The van der Waals surface area contributed by atoms with Gasteiger partial charge in [0.05, 0.1) is 0 Å². The van der Waals surface area contributed by atoms with Gasteiger partial charge in [-0.2, -0.15) is 0 Å². The molecule has 22 heavy (non-hydrogen) atoms. The van der Waals surface area contributed by atoms with E-state index in [0.29, 0.717) is 5.69 Å². The maximum absolute atomic E-state index is 12.9. The molecule has 1 unspecified atom stereocenters. The Bertz CT molecular complexity index is 743. The first-order valence-electron chi connectivity index (χ1n) is 6.58. The van der Waals surface area contributed by atoms with Crippen LogP contribution >= 0.6 is 23.3 Å². The predicted molar refractivity (Wildman–Crippen MR) is 85.5 cm³/mol. The minimum absolute atomic E-state index is 0.251. The highest BCUT2D eigenvalue weighted by Crippen LogP contribution is 2.43. The molecule has 0 bridgehead atoms. The zero-order valence-corrected chi connectivity index (χ0v) is 13.6. The van der Waals surface area contributed by atoms with Crippen LogP contribution in [0.2, 0.25) is 0 Å². The molecule has 2 amide bonds. The molecule has 1 atom stereocenters. The van der Waals surface area contributed by atoms with Gasteiger partial charge in [-0.25, -0.2) is 4.39 Å². The van der Waals surface area contributed by atoms with Crippen molar-refractivity contribution in [2.24, 2.45) is 0 Å². The standard InChI is InChI=1S/C15H13FN2O2S2/c1-8-7-11-13(21-8)12(15(20)18(2)22-11)14(19)17-10-5-3-9(16)4-6-10/h3-7,12H,1-2H3,(H,17,19). The van der Waals surface area contributed by atoms with Crippen LogP contribution in [0.1, 0.15) is 15.7 Å². The third kappa shape index (κ3) is 2.74. The van der Waals surface area contributed by atoms with E-state index in [4.69, 9.17) is 0 Å². The minimum Gasteiger partial charge on any atom is -0.325 e. The number of nitrogens with zero attached hydrogens (tertiary/aromatic N) is 1. The number of carbonyl (C=O) groups is 2. The fourth-order valence-corrected chi connectivity index (χ4v) is 4.49. The first-order valence-corrected chi connectivity index (χ1v) is 8.17. The lowest BCUT2D eigenvalue weighted by Crippen LogP contribution is -2.37. The van der Waals surface area contributed by atoms with Crippen LogP contribution in [-0.4, -0.2) is 23.2 Å².